The van der Waals surface area contributed by atoms with Gasteiger partial charge in [0.25, 0.3) is 0 Å². The maximum Gasteiger partial charge on any atom is 0.219 e. The molecule has 1 aliphatic heterocycles. The molecule has 7 heteroatoms. The molecule has 0 spiro atoms. The van der Waals surface area contributed by atoms with Crippen molar-refractivity contribution < 1.29 is 4.79 Å². The number of carbonyl (C=O) groups excluding carboxylic acids is 1. The number of H-pyrrole nitrogens is 1. The lowest BCUT2D eigenvalue weighted by Crippen LogP contribution is -2.32. The van der Waals surface area contributed by atoms with Crippen LogP contribution in [0.15, 0.2) is 55.0 Å². The van der Waals surface area contributed by atoms with Crippen LogP contribution in [0.3, 0.4) is 0 Å². The molecule has 0 aromatic carbocycles. The second-order valence-electron chi connectivity index (χ2n) is 7.71. The van der Waals surface area contributed by atoms with E-state index < -0.39 is 0 Å². The zero-order chi connectivity index (χ0) is 21.4. The average Bonchev–Trinajstić information content (AvgIpc) is 3.27. The van der Waals surface area contributed by atoms with Crippen molar-refractivity contribution in [1.29, 1.82) is 0 Å². The monoisotopic (exact) mass is 410 g/mol. The first-order valence-corrected chi connectivity index (χ1v) is 10.3. The van der Waals surface area contributed by atoms with Gasteiger partial charge in [0.05, 0.1) is 5.69 Å². The van der Waals surface area contributed by atoms with E-state index in [1.807, 2.05) is 54.7 Å². The Labute approximate surface area is 179 Å². The van der Waals surface area contributed by atoms with Crippen LogP contribution >= 0.6 is 0 Å². The molecule has 31 heavy (non-hydrogen) atoms. The van der Waals surface area contributed by atoms with E-state index in [-0.39, 0.29) is 5.91 Å². The molecule has 0 saturated heterocycles. The first kappa shape index (κ1) is 19.1. The van der Waals surface area contributed by atoms with Gasteiger partial charge < -0.3 is 9.88 Å². The lowest BCUT2D eigenvalue weighted by molar-refractivity contribution is -0.128. The lowest BCUT2D eigenvalue weighted by atomic mass is 9.98. The SMILES string of the molecule is CC(=O)N1CC=C(c2cncc(-c3nc(-c4cccc(C)n4)nc4[nH]ccc34)c2)CC1. The normalized spacial score (nSPS) is 14.0. The highest BCUT2D eigenvalue weighted by Gasteiger charge is 2.17. The number of aromatic amines is 1. The number of aryl methyl sites for hydroxylation is 1. The van der Waals surface area contributed by atoms with E-state index in [0.717, 1.165) is 52.2 Å². The van der Waals surface area contributed by atoms with Gasteiger partial charge in [-0.2, -0.15) is 0 Å². The molecule has 5 rings (SSSR count). The Bertz CT molecular complexity index is 1320. The Hall–Kier alpha value is -3.87. The van der Waals surface area contributed by atoms with Crippen molar-refractivity contribution in [2.24, 2.45) is 0 Å². The number of nitrogens with zero attached hydrogens (tertiary/aromatic N) is 5. The van der Waals surface area contributed by atoms with E-state index in [0.29, 0.717) is 12.4 Å². The van der Waals surface area contributed by atoms with Gasteiger partial charge in [-0.15, -0.1) is 0 Å². The van der Waals surface area contributed by atoms with E-state index >= 15 is 0 Å². The van der Waals surface area contributed by atoms with Crippen LogP contribution in [-0.4, -0.2) is 48.8 Å². The minimum atomic E-state index is 0.107. The number of nitrogens with one attached hydrogen (secondary N) is 1. The summed E-state index contributed by atoms with van der Waals surface area (Å²) in [7, 11) is 0. The van der Waals surface area contributed by atoms with Crippen LogP contribution in [-0.2, 0) is 4.79 Å². The summed E-state index contributed by atoms with van der Waals surface area (Å²) in [6, 6.07) is 9.93. The maximum atomic E-state index is 11.6. The van der Waals surface area contributed by atoms with Gasteiger partial charge in [0.2, 0.25) is 5.91 Å². The molecule has 1 N–H and O–H groups in total. The molecule has 0 radical (unpaired) electrons. The topological polar surface area (TPSA) is 87.7 Å². The van der Waals surface area contributed by atoms with Gasteiger partial charge in [-0.05, 0) is 48.7 Å². The van der Waals surface area contributed by atoms with Crippen molar-refractivity contribution in [2.45, 2.75) is 20.3 Å². The molecule has 0 saturated carbocycles. The number of hydrogen-bond donors (Lipinski definition) is 1. The number of fused-ring (bicyclic) bond motifs is 1. The molecule has 7 nitrogen and oxygen atoms in total. The number of aromatic nitrogens is 5. The van der Waals surface area contributed by atoms with E-state index in [1.54, 1.807) is 6.92 Å². The summed E-state index contributed by atoms with van der Waals surface area (Å²) >= 11 is 0. The molecule has 0 bridgehead atoms. The van der Waals surface area contributed by atoms with Gasteiger partial charge in [-0.1, -0.05) is 12.1 Å². The molecule has 154 valence electrons. The second-order valence-corrected chi connectivity index (χ2v) is 7.71. The largest absolute Gasteiger partial charge is 0.346 e. The number of pyridine rings is 2. The van der Waals surface area contributed by atoms with Crippen molar-refractivity contribution in [3.05, 3.63) is 66.3 Å². The minimum Gasteiger partial charge on any atom is -0.346 e. The summed E-state index contributed by atoms with van der Waals surface area (Å²) in [6.07, 6.45) is 8.49. The molecule has 0 unspecified atom stereocenters. The van der Waals surface area contributed by atoms with Crippen molar-refractivity contribution in [2.75, 3.05) is 13.1 Å². The van der Waals surface area contributed by atoms with Crippen molar-refractivity contribution in [3.8, 4) is 22.8 Å². The fourth-order valence-corrected chi connectivity index (χ4v) is 3.91. The third-order valence-electron chi connectivity index (χ3n) is 5.57. The van der Waals surface area contributed by atoms with Crippen LogP contribution in [0.5, 0.6) is 0 Å². The first-order chi connectivity index (χ1) is 15.1. The summed E-state index contributed by atoms with van der Waals surface area (Å²) in [5.74, 6) is 0.684. The van der Waals surface area contributed by atoms with Gasteiger partial charge in [-0.25, -0.2) is 15.0 Å². The van der Waals surface area contributed by atoms with Gasteiger partial charge in [0.1, 0.15) is 11.3 Å². The number of rotatable bonds is 3. The standard InChI is InChI=1S/C24H22N6O/c1-15-4-3-5-21(27-15)24-28-22(20-6-9-26-23(20)29-24)19-12-18(13-25-14-19)17-7-10-30(11-8-17)16(2)31/h3-7,9,12-14H,8,10-11H2,1-2H3,(H,26,28,29). The Kier molecular flexibility index (Phi) is 4.78. The van der Waals surface area contributed by atoms with Crippen LogP contribution in [0.1, 0.15) is 24.6 Å². The predicted molar refractivity (Wildman–Crippen MR) is 120 cm³/mol. The molecular formula is C24H22N6O. The molecule has 5 heterocycles. The Morgan fingerprint density at radius 1 is 1.10 bits per heavy atom. The summed E-state index contributed by atoms with van der Waals surface area (Å²) in [6.45, 7) is 4.92. The van der Waals surface area contributed by atoms with Crippen LogP contribution in [0, 0.1) is 6.92 Å². The molecule has 0 aliphatic carbocycles. The van der Waals surface area contributed by atoms with Crippen LogP contribution in [0.4, 0.5) is 0 Å². The third-order valence-corrected chi connectivity index (χ3v) is 5.57. The summed E-state index contributed by atoms with van der Waals surface area (Å²) in [4.78, 5) is 35.3. The number of carbonyl (C=O) groups is 1. The van der Waals surface area contributed by atoms with Crippen LogP contribution < -0.4 is 0 Å². The van der Waals surface area contributed by atoms with Gasteiger partial charge >= 0.3 is 0 Å². The van der Waals surface area contributed by atoms with Crippen LogP contribution in [0.25, 0.3) is 39.4 Å². The molecule has 4 aromatic rings. The molecule has 0 fully saturated rings. The number of amides is 1. The average molecular weight is 410 g/mol. The van der Waals surface area contributed by atoms with Gasteiger partial charge in [0, 0.05) is 55.2 Å². The molecule has 0 atom stereocenters. The molecular weight excluding hydrogens is 388 g/mol. The van der Waals surface area contributed by atoms with Crippen molar-refractivity contribution in [1.82, 2.24) is 29.8 Å². The quantitative estimate of drug-likeness (QED) is 0.551. The molecule has 4 aromatic heterocycles. The predicted octanol–water partition coefficient (Wildman–Crippen LogP) is 4.03. The fourth-order valence-electron chi connectivity index (χ4n) is 3.91. The Balaban J connectivity index is 1.58. The Morgan fingerprint density at radius 3 is 2.74 bits per heavy atom. The van der Waals surface area contributed by atoms with Crippen molar-refractivity contribution in [3.63, 3.8) is 0 Å². The first-order valence-electron chi connectivity index (χ1n) is 10.3. The van der Waals surface area contributed by atoms with E-state index in [1.165, 1.54) is 5.57 Å². The van der Waals surface area contributed by atoms with Crippen LogP contribution in [0.2, 0.25) is 0 Å². The fraction of sp³-hybridized carbons (Fsp3) is 0.208. The summed E-state index contributed by atoms with van der Waals surface area (Å²) in [5, 5.41) is 0.940. The van der Waals surface area contributed by atoms with Gasteiger partial charge in [-0.3, -0.25) is 9.78 Å². The smallest absolute Gasteiger partial charge is 0.219 e. The Morgan fingerprint density at radius 2 is 1.97 bits per heavy atom. The number of hydrogen-bond acceptors (Lipinski definition) is 5. The molecule has 1 amide bonds. The maximum absolute atomic E-state index is 11.6. The van der Waals surface area contributed by atoms with Crippen molar-refractivity contribution >= 4 is 22.5 Å². The highest BCUT2D eigenvalue weighted by molar-refractivity contribution is 5.92. The second kappa shape index (κ2) is 7.75. The summed E-state index contributed by atoms with van der Waals surface area (Å²) in [5.41, 5.74) is 6.42. The lowest BCUT2D eigenvalue weighted by Gasteiger charge is -2.25. The summed E-state index contributed by atoms with van der Waals surface area (Å²) < 4.78 is 0. The van der Waals surface area contributed by atoms with E-state index in [2.05, 4.69) is 32.1 Å². The van der Waals surface area contributed by atoms with E-state index in [4.69, 9.17) is 4.98 Å². The molecule has 1 aliphatic rings. The van der Waals surface area contributed by atoms with Gasteiger partial charge in [0.15, 0.2) is 5.82 Å². The third kappa shape index (κ3) is 3.70. The minimum absolute atomic E-state index is 0.107. The highest BCUT2D eigenvalue weighted by atomic mass is 16.2. The zero-order valence-corrected chi connectivity index (χ0v) is 17.5. The zero-order valence-electron chi connectivity index (χ0n) is 17.5. The highest BCUT2D eigenvalue weighted by Crippen LogP contribution is 2.30. The van der Waals surface area contributed by atoms with E-state index in [9.17, 15) is 4.79 Å².